The van der Waals surface area contributed by atoms with Gasteiger partial charge in [0.05, 0.1) is 29.1 Å². The number of nitrogens with one attached hydrogen (secondary N) is 1. The number of aryl methyl sites for hydroxylation is 1. The van der Waals surface area contributed by atoms with E-state index < -0.39 is 15.7 Å². The average Bonchev–Trinajstić information content (AvgIpc) is 2.89. The van der Waals surface area contributed by atoms with Crippen LogP contribution in [0, 0.1) is 24.6 Å². The predicted octanol–water partition coefficient (Wildman–Crippen LogP) is 4.35. The zero-order valence-electron chi connectivity index (χ0n) is 22.8. The molecule has 1 amide bonds. The number of hydrogen-bond acceptors (Lipinski definition) is 8. The third kappa shape index (κ3) is 6.25. The van der Waals surface area contributed by atoms with Crippen LogP contribution >= 0.6 is 0 Å². The number of carbonyl (C=O) groups is 1. The maximum atomic E-state index is 14.7. The Kier molecular flexibility index (Phi) is 7.50. The lowest BCUT2D eigenvalue weighted by molar-refractivity contribution is 0.0950. The second-order valence-corrected chi connectivity index (χ2v) is 12.7. The zero-order chi connectivity index (χ0) is 28.6. The van der Waals surface area contributed by atoms with Crippen molar-refractivity contribution in [1.29, 1.82) is 0 Å². The molecule has 0 spiro atoms. The van der Waals surface area contributed by atoms with E-state index in [1.165, 1.54) is 24.3 Å². The molecule has 5 heterocycles. The van der Waals surface area contributed by atoms with Crippen LogP contribution in [0.25, 0.3) is 22.3 Å². The molecule has 40 heavy (non-hydrogen) atoms. The molecular weight excluding hydrogens is 531 g/mol. The Morgan fingerprint density at radius 1 is 1.02 bits per heavy atom. The lowest BCUT2D eigenvalue weighted by Gasteiger charge is -2.36. The molecule has 0 radical (unpaired) electrons. The Hall–Kier alpha value is -3.99. The summed E-state index contributed by atoms with van der Waals surface area (Å²) in [6, 6.07) is 11.1. The maximum Gasteiger partial charge on any atom is 0.251 e. The summed E-state index contributed by atoms with van der Waals surface area (Å²) in [4.78, 5) is 32.8. The van der Waals surface area contributed by atoms with E-state index in [0.717, 1.165) is 31.2 Å². The largest absolute Gasteiger partial charge is 0.356 e. The SMILES string of the molecule is Cc1cc(C(=O)NCc2cc3nc(-c4cc(F)cc(N5C[C@H](C)C[C@H](C)C5)n4)ccc3cn2)cc(S(C)(=O)=O)n1. The van der Waals surface area contributed by atoms with Crippen LogP contribution in [-0.4, -0.2) is 53.6 Å². The molecule has 208 valence electrons. The van der Waals surface area contributed by atoms with Gasteiger partial charge in [0.2, 0.25) is 0 Å². The monoisotopic (exact) mass is 562 g/mol. The molecule has 0 bridgehead atoms. The van der Waals surface area contributed by atoms with Crippen molar-refractivity contribution in [3.8, 4) is 11.4 Å². The topological polar surface area (TPSA) is 118 Å². The molecular formula is C29H31FN6O3S. The lowest BCUT2D eigenvalue weighted by atomic mass is 9.92. The van der Waals surface area contributed by atoms with Crippen molar-refractivity contribution in [3.05, 3.63) is 71.4 Å². The predicted molar refractivity (Wildman–Crippen MR) is 151 cm³/mol. The summed E-state index contributed by atoms with van der Waals surface area (Å²) in [5, 5.41) is 3.40. The number of nitrogens with zero attached hydrogens (tertiary/aromatic N) is 5. The number of sulfone groups is 1. The molecule has 2 atom stereocenters. The number of rotatable bonds is 6. The van der Waals surface area contributed by atoms with Crippen molar-refractivity contribution in [3.63, 3.8) is 0 Å². The van der Waals surface area contributed by atoms with E-state index in [0.29, 0.717) is 45.9 Å². The summed E-state index contributed by atoms with van der Waals surface area (Å²) < 4.78 is 38.5. The van der Waals surface area contributed by atoms with Gasteiger partial charge in [0.25, 0.3) is 5.91 Å². The fourth-order valence-electron chi connectivity index (χ4n) is 5.16. The quantitative estimate of drug-likeness (QED) is 0.369. The summed E-state index contributed by atoms with van der Waals surface area (Å²) in [7, 11) is -3.56. The second kappa shape index (κ2) is 10.9. The fourth-order valence-corrected chi connectivity index (χ4v) is 5.81. The summed E-state index contributed by atoms with van der Waals surface area (Å²) in [5.41, 5.74) is 2.79. The van der Waals surface area contributed by atoms with Gasteiger partial charge in [-0.3, -0.25) is 9.78 Å². The van der Waals surface area contributed by atoms with Gasteiger partial charge in [-0.05, 0) is 55.5 Å². The van der Waals surface area contributed by atoms with Crippen LogP contribution in [0.2, 0.25) is 0 Å². The van der Waals surface area contributed by atoms with E-state index in [4.69, 9.17) is 9.97 Å². The van der Waals surface area contributed by atoms with E-state index in [1.54, 1.807) is 25.3 Å². The Morgan fingerprint density at radius 3 is 2.50 bits per heavy atom. The van der Waals surface area contributed by atoms with E-state index >= 15 is 0 Å². The number of amides is 1. The first kappa shape index (κ1) is 27.6. The first-order chi connectivity index (χ1) is 18.9. The van der Waals surface area contributed by atoms with Gasteiger partial charge in [0.15, 0.2) is 14.9 Å². The van der Waals surface area contributed by atoms with Crippen molar-refractivity contribution >= 4 is 32.5 Å². The molecule has 5 rings (SSSR count). The highest BCUT2D eigenvalue weighted by Gasteiger charge is 2.24. The van der Waals surface area contributed by atoms with Crippen molar-refractivity contribution in [2.45, 2.75) is 38.8 Å². The van der Waals surface area contributed by atoms with Crippen LogP contribution in [0.1, 0.15) is 42.0 Å². The Morgan fingerprint density at radius 2 is 1.77 bits per heavy atom. The number of fused-ring (bicyclic) bond motifs is 1. The number of hydrogen-bond donors (Lipinski definition) is 1. The van der Waals surface area contributed by atoms with E-state index in [2.05, 4.69) is 34.0 Å². The van der Waals surface area contributed by atoms with Gasteiger partial charge in [0, 0.05) is 54.3 Å². The highest BCUT2D eigenvalue weighted by molar-refractivity contribution is 7.90. The fraction of sp³-hybridized carbons (Fsp3) is 0.345. The molecule has 1 N–H and O–H groups in total. The first-order valence-electron chi connectivity index (χ1n) is 13.1. The van der Waals surface area contributed by atoms with Crippen LogP contribution in [-0.2, 0) is 16.4 Å². The van der Waals surface area contributed by atoms with E-state index in [-0.39, 0.29) is 23.0 Å². The second-order valence-electron chi connectivity index (χ2n) is 10.7. The van der Waals surface area contributed by atoms with Crippen LogP contribution < -0.4 is 10.2 Å². The smallest absolute Gasteiger partial charge is 0.251 e. The van der Waals surface area contributed by atoms with Gasteiger partial charge >= 0.3 is 0 Å². The lowest BCUT2D eigenvalue weighted by Crippen LogP contribution is -2.39. The third-order valence-corrected chi connectivity index (χ3v) is 7.83. The third-order valence-electron chi connectivity index (χ3n) is 6.86. The molecule has 0 unspecified atom stereocenters. The number of halogens is 1. The normalized spacial score (nSPS) is 17.7. The van der Waals surface area contributed by atoms with Crippen LogP contribution in [0.4, 0.5) is 10.2 Å². The molecule has 1 aliphatic heterocycles. The maximum absolute atomic E-state index is 14.7. The Bertz CT molecular complexity index is 1700. The number of aromatic nitrogens is 4. The summed E-state index contributed by atoms with van der Waals surface area (Å²) in [6.45, 7) is 7.80. The minimum Gasteiger partial charge on any atom is -0.356 e. The van der Waals surface area contributed by atoms with Gasteiger partial charge < -0.3 is 10.2 Å². The van der Waals surface area contributed by atoms with Gasteiger partial charge in [0.1, 0.15) is 11.6 Å². The molecule has 4 aromatic heterocycles. The van der Waals surface area contributed by atoms with Crippen molar-refractivity contribution in [2.24, 2.45) is 11.8 Å². The van der Waals surface area contributed by atoms with E-state index in [9.17, 15) is 17.6 Å². The molecule has 0 aliphatic carbocycles. The average molecular weight is 563 g/mol. The summed E-state index contributed by atoms with van der Waals surface area (Å²) in [6.07, 6.45) is 3.85. The molecule has 11 heteroatoms. The van der Waals surface area contributed by atoms with Crippen LogP contribution in [0.15, 0.2) is 53.7 Å². The number of pyridine rings is 4. The number of piperidine rings is 1. The zero-order valence-corrected chi connectivity index (χ0v) is 23.7. The standard InChI is InChI=1S/C29H31FN6O3S/c1-17-7-18(2)16-36(15-17)27-11-22(30)10-26(35-27)24-6-5-20-13-31-23(12-25(20)34-24)14-32-29(37)21-8-19(3)33-28(9-21)40(4,38)39/h5-6,8-13,17-18H,7,14-16H2,1-4H3,(H,32,37)/t17-,18+. The minimum atomic E-state index is -3.56. The molecule has 1 aliphatic rings. The number of carbonyl (C=O) groups excluding carboxylic acids is 1. The molecule has 1 saturated heterocycles. The number of anilines is 1. The van der Waals surface area contributed by atoms with Crippen molar-refractivity contribution < 1.29 is 17.6 Å². The minimum absolute atomic E-state index is 0.101. The summed E-state index contributed by atoms with van der Waals surface area (Å²) in [5.74, 6) is 0.811. The highest BCUT2D eigenvalue weighted by Crippen LogP contribution is 2.28. The molecule has 4 aromatic rings. The Balaban J connectivity index is 1.37. The van der Waals surface area contributed by atoms with Crippen molar-refractivity contribution in [2.75, 3.05) is 24.2 Å². The highest BCUT2D eigenvalue weighted by atomic mass is 32.2. The van der Waals surface area contributed by atoms with Gasteiger partial charge in [-0.15, -0.1) is 0 Å². The molecule has 9 nitrogen and oxygen atoms in total. The molecule has 1 fully saturated rings. The van der Waals surface area contributed by atoms with Gasteiger partial charge in [-0.2, -0.15) is 0 Å². The van der Waals surface area contributed by atoms with Crippen molar-refractivity contribution in [1.82, 2.24) is 25.3 Å². The Labute approximate surface area is 232 Å². The van der Waals surface area contributed by atoms with Crippen LogP contribution in [0.5, 0.6) is 0 Å². The van der Waals surface area contributed by atoms with E-state index in [1.807, 2.05) is 6.07 Å². The van der Waals surface area contributed by atoms with Crippen LogP contribution in [0.3, 0.4) is 0 Å². The first-order valence-corrected chi connectivity index (χ1v) is 15.0. The molecule has 0 aromatic carbocycles. The van der Waals surface area contributed by atoms with Gasteiger partial charge in [-0.25, -0.2) is 27.8 Å². The summed E-state index contributed by atoms with van der Waals surface area (Å²) >= 11 is 0. The van der Waals surface area contributed by atoms with Gasteiger partial charge in [-0.1, -0.05) is 13.8 Å². The molecule has 0 saturated carbocycles.